The van der Waals surface area contributed by atoms with E-state index in [2.05, 4.69) is 38.1 Å². The van der Waals surface area contributed by atoms with Gasteiger partial charge < -0.3 is 9.84 Å². The van der Waals surface area contributed by atoms with Crippen molar-refractivity contribution in [2.24, 2.45) is 5.92 Å². The summed E-state index contributed by atoms with van der Waals surface area (Å²) in [5.41, 5.74) is 1.23. The fourth-order valence-electron chi connectivity index (χ4n) is 2.81. The molecular weight excluding hydrogens is 260 g/mol. The summed E-state index contributed by atoms with van der Waals surface area (Å²) in [5.74, 6) is 0.714. The van der Waals surface area contributed by atoms with Gasteiger partial charge in [-0.1, -0.05) is 82.7 Å². The molecule has 1 N–H and O–H groups in total. The Hall–Kier alpha value is -0.860. The van der Waals surface area contributed by atoms with Gasteiger partial charge in [0.05, 0.1) is 19.3 Å². The van der Waals surface area contributed by atoms with Crippen LogP contribution in [0.3, 0.4) is 0 Å². The molecule has 2 nitrogen and oxygen atoms in total. The molecule has 0 fully saturated rings. The molecule has 1 aromatic carbocycles. The maximum absolute atomic E-state index is 9.03. The van der Waals surface area contributed by atoms with Gasteiger partial charge in [0.2, 0.25) is 0 Å². The van der Waals surface area contributed by atoms with Crippen LogP contribution in [0, 0.1) is 5.92 Å². The molecule has 21 heavy (non-hydrogen) atoms. The van der Waals surface area contributed by atoms with Crippen molar-refractivity contribution in [3.8, 4) is 0 Å². The molecule has 0 aliphatic rings. The molecule has 0 amide bonds. The van der Waals surface area contributed by atoms with Crippen LogP contribution in [0.15, 0.2) is 30.3 Å². The van der Waals surface area contributed by atoms with Gasteiger partial charge in [0.25, 0.3) is 0 Å². The monoisotopic (exact) mass is 292 g/mol. The number of hydrogen-bond donors (Lipinski definition) is 1. The van der Waals surface area contributed by atoms with Gasteiger partial charge in [-0.25, -0.2) is 0 Å². The molecule has 0 aliphatic heterocycles. The molecule has 0 radical (unpaired) electrons. The predicted molar refractivity (Wildman–Crippen MR) is 89.4 cm³/mol. The Kier molecular flexibility index (Phi) is 10.2. The van der Waals surface area contributed by atoms with E-state index < -0.39 is 0 Å². The van der Waals surface area contributed by atoms with Crippen LogP contribution in [-0.4, -0.2) is 18.3 Å². The summed E-state index contributed by atoms with van der Waals surface area (Å²) in [4.78, 5) is 0. The van der Waals surface area contributed by atoms with Crippen molar-refractivity contribution in [2.75, 3.05) is 13.2 Å². The van der Waals surface area contributed by atoms with Crippen molar-refractivity contribution in [1.82, 2.24) is 0 Å². The normalized spacial score (nSPS) is 14.0. The van der Waals surface area contributed by atoms with Crippen molar-refractivity contribution in [3.05, 3.63) is 35.9 Å². The van der Waals surface area contributed by atoms with Crippen LogP contribution in [-0.2, 0) is 4.74 Å². The highest BCUT2D eigenvalue weighted by Crippen LogP contribution is 2.29. The van der Waals surface area contributed by atoms with E-state index in [4.69, 9.17) is 9.84 Å². The number of rotatable bonds is 12. The Bertz CT molecular complexity index is 337. The second-order valence-corrected chi connectivity index (χ2v) is 5.85. The fraction of sp³-hybridized carbons (Fsp3) is 0.684. The molecule has 1 rings (SSSR count). The quantitative estimate of drug-likeness (QED) is 0.542. The summed E-state index contributed by atoms with van der Waals surface area (Å²) in [5, 5.41) is 9.03. The predicted octanol–water partition coefficient (Wildman–Crippen LogP) is 5.12. The van der Waals surface area contributed by atoms with Crippen molar-refractivity contribution in [2.45, 2.75) is 64.9 Å². The van der Waals surface area contributed by atoms with E-state index in [9.17, 15) is 0 Å². The first-order valence-electron chi connectivity index (χ1n) is 8.59. The molecule has 0 saturated heterocycles. The van der Waals surface area contributed by atoms with E-state index in [1.165, 1.54) is 44.1 Å². The molecule has 0 spiro atoms. The SMILES string of the molecule is CCCCCCC(CC)CC(OCCO)c1ccccc1. The van der Waals surface area contributed by atoms with Crippen LogP contribution in [0.2, 0.25) is 0 Å². The van der Waals surface area contributed by atoms with Gasteiger partial charge in [0.1, 0.15) is 0 Å². The number of ether oxygens (including phenoxy) is 1. The first-order chi connectivity index (χ1) is 10.3. The Morgan fingerprint density at radius 2 is 1.81 bits per heavy atom. The second-order valence-electron chi connectivity index (χ2n) is 5.85. The highest BCUT2D eigenvalue weighted by Gasteiger charge is 2.17. The van der Waals surface area contributed by atoms with Crippen molar-refractivity contribution in [3.63, 3.8) is 0 Å². The van der Waals surface area contributed by atoms with Gasteiger partial charge in [-0.15, -0.1) is 0 Å². The highest BCUT2D eigenvalue weighted by molar-refractivity contribution is 5.17. The van der Waals surface area contributed by atoms with Gasteiger partial charge in [-0.05, 0) is 17.9 Å². The first-order valence-corrected chi connectivity index (χ1v) is 8.59. The maximum atomic E-state index is 9.03. The molecule has 2 heteroatoms. The number of unbranched alkanes of at least 4 members (excludes halogenated alkanes) is 3. The van der Waals surface area contributed by atoms with Crippen LogP contribution in [0.25, 0.3) is 0 Å². The molecule has 2 atom stereocenters. The minimum absolute atomic E-state index is 0.0939. The fourth-order valence-corrected chi connectivity index (χ4v) is 2.81. The third-order valence-corrected chi connectivity index (χ3v) is 4.17. The van der Waals surface area contributed by atoms with E-state index in [0.717, 1.165) is 6.42 Å². The minimum Gasteiger partial charge on any atom is -0.394 e. The molecule has 0 aliphatic carbocycles. The second kappa shape index (κ2) is 11.8. The lowest BCUT2D eigenvalue weighted by molar-refractivity contribution is 0.0124. The van der Waals surface area contributed by atoms with Crippen molar-refractivity contribution >= 4 is 0 Å². The molecule has 1 aromatic rings. The molecule has 0 aromatic heterocycles. The summed E-state index contributed by atoms with van der Waals surface area (Å²) < 4.78 is 5.89. The van der Waals surface area contributed by atoms with Gasteiger partial charge in [-0.2, -0.15) is 0 Å². The maximum Gasteiger partial charge on any atom is 0.0828 e. The molecule has 2 unspecified atom stereocenters. The lowest BCUT2D eigenvalue weighted by Gasteiger charge is -2.23. The van der Waals surface area contributed by atoms with E-state index in [-0.39, 0.29) is 12.7 Å². The molecule has 0 bridgehead atoms. The smallest absolute Gasteiger partial charge is 0.0828 e. The van der Waals surface area contributed by atoms with Crippen molar-refractivity contribution < 1.29 is 9.84 Å². The standard InChI is InChI=1S/C19H32O2/c1-3-5-6-8-11-17(4-2)16-19(21-15-14-20)18-12-9-7-10-13-18/h7,9-10,12-13,17,19-20H,3-6,8,11,14-16H2,1-2H3. The molecule has 120 valence electrons. The van der Waals surface area contributed by atoms with Crippen LogP contribution < -0.4 is 0 Å². The van der Waals surface area contributed by atoms with E-state index >= 15 is 0 Å². The lowest BCUT2D eigenvalue weighted by Crippen LogP contribution is -2.13. The summed E-state index contributed by atoms with van der Waals surface area (Å²) >= 11 is 0. The zero-order valence-electron chi connectivity index (χ0n) is 13.8. The third-order valence-electron chi connectivity index (χ3n) is 4.17. The topological polar surface area (TPSA) is 29.5 Å². The van der Waals surface area contributed by atoms with E-state index in [1.54, 1.807) is 0 Å². The minimum atomic E-state index is 0.0939. The summed E-state index contributed by atoms with van der Waals surface area (Å²) in [6, 6.07) is 10.4. The van der Waals surface area contributed by atoms with Crippen LogP contribution in [0.1, 0.15) is 70.5 Å². The zero-order valence-corrected chi connectivity index (χ0v) is 13.8. The van der Waals surface area contributed by atoms with Gasteiger partial charge in [0.15, 0.2) is 0 Å². The van der Waals surface area contributed by atoms with Crippen LogP contribution in [0.4, 0.5) is 0 Å². The number of aliphatic hydroxyl groups excluding tert-OH is 1. The number of benzene rings is 1. The number of hydrogen-bond acceptors (Lipinski definition) is 2. The van der Waals surface area contributed by atoms with Crippen LogP contribution >= 0.6 is 0 Å². The van der Waals surface area contributed by atoms with E-state index in [0.29, 0.717) is 12.5 Å². The largest absolute Gasteiger partial charge is 0.394 e. The molecular formula is C19H32O2. The highest BCUT2D eigenvalue weighted by atomic mass is 16.5. The Labute approximate surface area is 130 Å². The van der Waals surface area contributed by atoms with E-state index in [1.807, 2.05) is 6.07 Å². The zero-order chi connectivity index (χ0) is 15.3. The third kappa shape index (κ3) is 7.63. The van der Waals surface area contributed by atoms with Crippen LogP contribution in [0.5, 0.6) is 0 Å². The Morgan fingerprint density at radius 1 is 1.05 bits per heavy atom. The van der Waals surface area contributed by atoms with Gasteiger partial charge in [-0.3, -0.25) is 0 Å². The molecule has 0 saturated carbocycles. The molecule has 0 heterocycles. The summed E-state index contributed by atoms with van der Waals surface area (Å²) in [7, 11) is 0. The lowest BCUT2D eigenvalue weighted by atomic mass is 9.90. The first kappa shape index (κ1) is 18.2. The average Bonchev–Trinajstić information content (AvgIpc) is 2.54. The van der Waals surface area contributed by atoms with Crippen molar-refractivity contribution in [1.29, 1.82) is 0 Å². The average molecular weight is 292 g/mol. The summed E-state index contributed by atoms with van der Waals surface area (Å²) in [6.07, 6.45) is 9.00. The Morgan fingerprint density at radius 3 is 2.43 bits per heavy atom. The van der Waals surface area contributed by atoms with Gasteiger partial charge in [0, 0.05) is 0 Å². The summed E-state index contributed by atoms with van der Waals surface area (Å²) in [6.45, 7) is 5.05. The van der Waals surface area contributed by atoms with Gasteiger partial charge >= 0.3 is 0 Å². The Balaban J connectivity index is 2.52. The number of aliphatic hydroxyl groups is 1.